The molecule has 1 fully saturated rings. The van der Waals surface area contributed by atoms with Crippen LogP contribution in [0, 0.1) is 11.8 Å². The van der Waals surface area contributed by atoms with Gasteiger partial charge in [0, 0.05) is 24.5 Å². The van der Waals surface area contributed by atoms with Gasteiger partial charge in [-0.25, -0.2) is 4.98 Å². The predicted octanol–water partition coefficient (Wildman–Crippen LogP) is 1.93. The molecule has 0 saturated heterocycles. The maximum absolute atomic E-state index is 4.01. The topological polar surface area (TPSA) is 40.7 Å². The molecule has 0 amide bonds. The highest BCUT2D eigenvalue weighted by molar-refractivity contribution is 4.95. The fourth-order valence-electron chi connectivity index (χ4n) is 2.28. The smallest absolute Gasteiger partial charge is 0.0922 e. The predicted molar refractivity (Wildman–Crippen MR) is 56.8 cm³/mol. The van der Waals surface area contributed by atoms with Crippen molar-refractivity contribution < 1.29 is 0 Å². The van der Waals surface area contributed by atoms with Gasteiger partial charge in [0.05, 0.1) is 6.33 Å². The Hall–Kier alpha value is -0.830. The van der Waals surface area contributed by atoms with Gasteiger partial charge in [0.2, 0.25) is 0 Å². The normalized spacial score (nSPS) is 32.3. The van der Waals surface area contributed by atoms with Crippen molar-refractivity contribution in [3.63, 3.8) is 0 Å². The zero-order valence-corrected chi connectivity index (χ0v) is 8.96. The third-order valence-electron chi connectivity index (χ3n) is 3.57. The minimum Gasteiger partial charge on any atom is -0.347 e. The van der Waals surface area contributed by atoms with Crippen molar-refractivity contribution in [3.8, 4) is 0 Å². The van der Waals surface area contributed by atoms with Gasteiger partial charge in [0.25, 0.3) is 0 Å². The van der Waals surface area contributed by atoms with E-state index in [2.05, 4.69) is 29.1 Å². The first kappa shape index (κ1) is 9.71. The number of hydrogen-bond acceptors (Lipinski definition) is 2. The van der Waals surface area contributed by atoms with Crippen LogP contribution in [0.4, 0.5) is 0 Å². The molecule has 14 heavy (non-hydrogen) atoms. The van der Waals surface area contributed by atoms with Crippen LogP contribution >= 0.6 is 0 Å². The lowest BCUT2D eigenvalue weighted by Crippen LogP contribution is -2.31. The third-order valence-corrected chi connectivity index (χ3v) is 3.57. The van der Waals surface area contributed by atoms with Crippen LogP contribution in [0.3, 0.4) is 0 Å². The Morgan fingerprint density at radius 1 is 1.50 bits per heavy atom. The molecule has 3 nitrogen and oxygen atoms in total. The average molecular weight is 193 g/mol. The van der Waals surface area contributed by atoms with Gasteiger partial charge >= 0.3 is 0 Å². The number of hydrogen-bond donors (Lipinski definition) is 2. The molecule has 1 aliphatic rings. The SMILES string of the molecule is CC1CCC(NCc2cnc[nH]2)C1C. The summed E-state index contributed by atoms with van der Waals surface area (Å²) in [6.07, 6.45) is 6.30. The van der Waals surface area contributed by atoms with Gasteiger partial charge in [0.1, 0.15) is 0 Å². The number of nitrogens with zero attached hydrogens (tertiary/aromatic N) is 1. The molecule has 3 atom stereocenters. The molecule has 3 unspecified atom stereocenters. The minimum atomic E-state index is 0.688. The van der Waals surface area contributed by atoms with E-state index in [1.807, 2.05) is 6.20 Å². The van der Waals surface area contributed by atoms with Crippen molar-refractivity contribution in [2.75, 3.05) is 0 Å². The molecule has 3 heteroatoms. The number of nitrogens with one attached hydrogen (secondary N) is 2. The average Bonchev–Trinajstić information content (AvgIpc) is 2.77. The van der Waals surface area contributed by atoms with E-state index in [4.69, 9.17) is 0 Å². The molecule has 0 aromatic carbocycles. The highest BCUT2D eigenvalue weighted by Crippen LogP contribution is 2.31. The lowest BCUT2D eigenvalue weighted by Gasteiger charge is -2.19. The van der Waals surface area contributed by atoms with Crippen LogP contribution in [-0.4, -0.2) is 16.0 Å². The molecular formula is C11H19N3. The summed E-state index contributed by atoms with van der Waals surface area (Å²) >= 11 is 0. The lowest BCUT2D eigenvalue weighted by atomic mass is 9.98. The summed E-state index contributed by atoms with van der Waals surface area (Å²) in [6.45, 7) is 5.62. The number of imidazole rings is 1. The Kier molecular flexibility index (Phi) is 2.87. The zero-order chi connectivity index (χ0) is 9.97. The maximum atomic E-state index is 4.01. The van der Waals surface area contributed by atoms with Crippen LogP contribution in [0.15, 0.2) is 12.5 Å². The van der Waals surface area contributed by atoms with Crippen LogP contribution in [0.2, 0.25) is 0 Å². The summed E-state index contributed by atoms with van der Waals surface area (Å²) in [7, 11) is 0. The quantitative estimate of drug-likeness (QED) is 0.770. The van der Waals surface area contributed by atoms with Crippen molar-refractivity contribution >= 4 is 0 Å². The molecule has 1 aromatic rings. The van der Waals surface area contributed by atoms with E-state index in [0.29, 0.717) is 6.04 Å². The molecular weight excluding hydrogens is 174 g/mol. The lowest BCUT2D eigenvalue weighted by molar-refractivity contribution is 0.369. The summed E-state index contributed by atoms with van der Waals surface area (Å²) in [6, 6.07) is 0.688. The molecule has 78 valence electrons. The first-order valence-electron chi connectivity index (χ1n) is 5.48. The van der Waals surface area contributed by atoms with Gasteiger partial charge < -0.3 is 10.3 Å². The Morgan fingerprint density at radius 3 is 2.93 bits per heavy atom. The van der Waals surface area contributed by atoms with Gasteiger partial charge in [-0.15, -0.1) is 0 Å². The second kappa shape index (κ2) is 4.13. The molecule has 0 aliphatic heterocycles. The standard InChI is InChI=1S/C11H19N3/c1-8-3-4-11(9(8)2)13-6-10-5-12-7-14-10/h5,7-9,11,13H,3-4,6H2,1-2H3,(H,12,14). The Balaban J connectivity index is 1.81. The number of aromatic nitrogens is 2. The Morgan fingerprint density at radius 2 is 2.36 bits per heavy atom. The van der Waals surface area contributed by atoms with Crippen molar-refractivity contribution in [1.82, 2.24) is 15.3 Å². The van der Waals surface area contributed by atoms with Crippen LogP contribution < -0.4 is 5.32 Å². The van der Waals surface area contributed by atoms with Gasteiger partial charge in [-0.1, -0.05) is 13.8 Å². The number of H-pyrrole nitrogens is 1. The fraction of sp³-hybridized carbons (Fsp3) is 0.727. The Labute approximate surface area is 85.3 Å². The highest BCUT2D eigenvalue weighted by atomic mass is 15.0. The van der Waals surface area contributed by atoms with E-state index in [-0.39, 0.29) is 0 Å². The van der Waals surface area contributed by atoms with Crippen molar-refractivity contribution in [1.29, 1.82) is 0 Å². The maximum Gasteiger partial charge on any atom is 0.0922 e. The zero-order valence-electron chi connectivity index (χ0n) is 8.96. The molecule has 0 spiro atoms. The first-order valence-corrected chi connectivity index (χ1v) is 5.48. The third kappa shape index (κ3) is 1.98. The molecule has 0 bridgehead atoms. The summed E-state index contributed by atoms with van der Waals surface area (Å²) in [5.74, 6) is 1.67. The second-order valence-electron chi connectivity index (χ2n) is 4.48. The van der Waals surface area contributed by atoms with E-state index in [0.717, 1.165) is 18.4 Å². The molecule has 1 saturated carbocycles. The highest BCUT2D eigenvalue weighted by Gasteiger charge is 2.28. The van der Waals surface area contributed by atoms with Gasteiger partial charge in [0.15, 0.2) is 0 Å². The van der Waals surface area contributed by atoms with Gasteiger partial charge in [-0.2, -0.15) is 0 Å². The molecule has 2 N–H and O–H groups in total. The van der Waals surface area contributed by atoms with Gasteiger partial charge in [-0.05, 0) is 24.7 Å². The van der Waals surface area contributed by atoms with Crippen LogP contribution in [0.5, 0.6) is 0 Å². The summed E-state index contributed by atoms with van der Waals surface area (Å²) in [4.78, 5) is 7.12. The van der Waals surface area contributed by atoms with Crippen LogP contribution in [0.1, 0.15) is 32.4 Å². The Bertz CT molecular complexity index is 268. The minimum absolute atomic E-state index is 0.688. The molecule has 2 rings (SSSR count). The monoisotopic (exact) mass is 193 g/mol. The number of aromatic amines is 1. The van der Waals surface area contributed by atoms with E-state index < -0.39 is 0 Å². The molecule has 1 heterocycles. The fourth-order valence-corrected chi connectivity index (χ4v) is 2.28. The van der Waals surface area contributed by atoms with Crippen LogP contribution in [-0.2, 0) is 6.54 Å². The van der Waals surface area contributed by atoms with Crippen molar-refractivity contribution in [2.45, 2.75) is 39.3 Å². The molecule has 1 aromatic heterocycles. The van der Waals surface area contributed by atoms with E-state index in [9.17, 15) is 0 Å². The largest absolute Gasteiger partial charge is 0.347 e. The summed E-state index contributed by atoms with van der Waals surface area (Å²) in [5, 5.41) is 3.59. The van der Waals surface area contributed by atoms with E-state index in [1.54, 1.807) is 6.33 Å². The van der Waals surface area contributed by atoms with Crippen molar-refractivity contribution in [2.24, 2.45) is 11.8 Å². The van der Waals surface area contributed by atoms with Gasteiger partial charge in [-0.3, -0.25) is 0 Å². The van der Waals surface area contributed by atoms with Crippen LogP contribution in [0.25, 0.3) is 0 Å². The first-order chi connectivity index (χ1) is 6.77. The summed E-state index contributed by atoms with van der Waals surface area (Å²) in [5.41, 5.74) is 1.18. The summed E-state index contributed by atoms with van der Waals surface area (Å²) < 4.78 is 0. The second-order valence-corrected chi connectivity index (χ2v) is 4.48. The van der Waals surface area contributed by atoms with E-state index in [1.165, 1.54) is 18.5 Å². The van der Waals surface area contributed by atoms with E-state index >= 15 is 0 Å². The number of rotatable bonds is 3. The molecule has 1 aliphatic carbocycles. The molecule has 0 radical (unpaired) electrons. The van der Waals surface area contributed by atoms with Crippen molar-refractivity contribution in [3.05, 3.63) is 18.2 Å².